The van der Waals surface area contributed by atoms with E-state index in [1.54, 1.807) is 4.90 Å². The van der Waals surface area contributed by atoms with E-state index in [-0.39, 0.29) is 17.9 Å². The molecule has 0 aliphatic carbocycles. The molecule has 2 aromatic rings. The van der Waals surface area contributed by atoms with Gasteiger partial charge in [0.15, 0.2) is 0 Å². The topological polar surface area (TPSA) is 23.6 Å². The van der Waals surface area contributed by atoms with Crippen molar-refractivity contribution < 1.29 is 22.4 Å². The van der Waals surface area contributed by atoms with E-state index in [2.05, 4.69) is 4.90 Å². The molecule has 0 radical (unpaired) electrons. The van der Waals surface area contributed by atoms with Gasteiger partial charge in [0, 0.05) is 36.8 Å². The van der Waals surface area contributed by atoms with E-state index in [1.807, 2.05) is 0 Å². The van der Waals surface area contributed by atoms with Gasteiger partial charge >= 0.3 is 0 Å². The average molecular weight is 434 g/mol. The zero-order valence-electron chi connectivity index (χ0n) is 17.3. The number of hydrogen-bond donors (Lipinski definition) is 0. The molecule has 1 atom stereocenters. The zero-order chi connectivity index (χ0) is 22.0. The van der Waals surface area contributed by atoms with E-state index in [0.717, 1.165) is 56.8 Å². The molecule has 166 valence electrons. The van der Waals surface area contributed by atoms with Gasteiger partial charge in [-0.2, -0.15) is 0 Å². The number of carbonyl (C=O) groups excluding carboxylic acids is 1. The van der Waals surface area contributed by atoms with Crippen molar-refractivity contribution in [3.05, 3.63) is 70.8 Å². The van der Waals surface area contributed by atoms with Crippen LogP contribution in [0.25, 0.3) is 0 Å². The standard InChI is InChI=1S/C24H26F4N2O/c25-19-3-4-22(28)18(14-19)16-30-9-2-6-24(30)5-1-8-29(10-7-24)23(31)13-17-11-20(26)15-21(27)12-17/h3-4,11-12,14-15H,1-2,5-10,13,16H2/t24-/m1/s1. The summed E-state index contributed by atoms with van der Waals surface area (Å²) in [5.74, 6) is -2.39. The third kappa shape index (κ3) is 4.92. The van der Waals surface area contributed by atoms with Crippen LogP contribution in [0.2, 0.25) is 0 Å². The molecule has 0 saturated carbocycles. The molecule has 3 nitrogen and oxygen atoms in total. The van der Waals surface area contributed by atoms with Gasteiger partial charge in [0.05, 0.1) is 6.42 Å². The number of halogens is 4. The normalized spacial score (nSPS) is 22.1. The Bertz CT molecular complexity index is 946. The molecular weight excluding hydrogens is 408 g/mol. The fourth-order valence-corrected chi connectivity index (χ4v) is 5.11. The molecule has 2 fully saturated rings. The highest BCUT2D eigenvalue weighted by atomic mass is 19.1. The van der Waals surface area contributed by atoms with Crippen LogP contribution in [0.1, 0.15) is 43.2 Å². The van der Waals surface area contributed by atoms with Crippen LogP contribution in [-0.2, 0) is 17.8 Å². The molecule has 0 unspecified atom stereocenters. The summed E-state index contributed by atoms with van der Waals surface area (Å²) < 4.78 is 54.7. The summed E-state index contributed by atoms with van der Waals surface area (Å²) in [5, 5.41) is 0. The maximum atomic E-state index is 14.2. The van der Waals surface area contributed by atoms with Crippen LogP contribution in [-0.4, -0.2) is 40.9 Å². The van der Waals surface area contributed by atoms with Gasteiger partial charge in [0.1, 0.15) is 23.3 Å². The van der Waals surface area contributed by atoms with Crippen LogP contribution < -0.4 is 0 Å². The second-order valence-electron chi connectivity index (χ2n) is 8.67. The van der Waals surface area contributed by atoms with Gasteiger partial charge in [-0.25, -0.2) is 17.6 Å². The Morgan fingerprint density at radius 1 is 0.839 bits per heavy atom. The third-order valence-electron chi connectivity index (χ3n) is 6.66. The zero-order valence-corrected chi connectivity index (χ0v) is 17.3. The molecule has 2 aliphatic rings. The smallest absolute Gasteiger partial charge is 0.226 e. The average Bonchev–Trinajstić information content (AvgIpc) is 2.94. The Labute approximate surface area is 179 Å². The number of likely N-dealkylation sites (tertiary alicyclic amines) is 2. The molecule has 2 heterocycles. The number of rotatable bonds is 4. The van der Waals surface area contributed by atoms with Crippen LogP contribution in [0, 0.1) is 23.3 Å². The van der Waals surface area contributed by atoms with E-state index in [1.165, 1.54) is 18.2 Å². The van der Waals surface area contributed by atoms with Crippen LogP contribution >= 0.6 is 0 Å². The molecule has 0 aromatic heterocycles. The highest BCUT2D eigenvalue weighted by Gasteiger charge is 2.42. The Hall–Kier alpha value is -2.41. The number of amides is 1. The summed E-state index contributed by atoms with van der Waals surface area (Å²) in [5.41, 5.74) is 0.538. The minimum atomic E-state index is -0.691. The van der Waals surface area contributed by atoms with Crippen molar-refractivity contribution in [1.29, 1.82) is 0 Å². The highest BCUT2D eigenvalue weighted by molar-refractivity contribution is 5.78. The molecule has 31 heavy (non-hydrogen) atoms. The van der Waals surface area contributed by atoms with Crippen molar-refractivity contribution in [1.82, 2.24) is 9.80 Å². The minimum Gasteiger partial charge on any atom is -0.342 e. The second-order valence-corrected chi connectivity index (χ2v) is 8.67. The van der Waals surface area contributed by atoms with E-state index < -0.39 is 23.3 Å². The lowest BCUT2D eigenvalue weighted by Crippen LogP contribution is -2.44. The largest absolute Gasteiger partial charge is 0.342 e. The predicted molar refractivity (Wildman–Crippen MR) is 109 cm³/mol. The molecule has 1 amide bonds. The molecule has 0 N–H and O–H groups in total. The van der Waals surface area contributed by atoms with Gasteiger partial charge in [-0.05, 0) is 74.5 Å². The predicted octanol–water partition coefficient (Wildman–Crippen LogP) is 4.83. The summed E-state index contributed by atoms with van der Waals surface area (Å²) in [6.45, 7) is 2.28. The first kappa shape index (κ1) is 21.8. The number of nitrogens with zero attached hydrogens (tertiary/aromatic N) is 2. The lowest BCUT2D eigenvalue weighted by molar-refractivity contribution is -0.130. The fourth-order valence-electron chi connectivity index (χ4n) is 5.11. The minimum absolute atomic E-state index is 0.0418. The van der Waals surface area contributed by atoms with Gasteiger partial charge in [0.25, 0.3) is 0 Å². The molecule has 2 aromatic carbocycles. The summed E-state index contributed by atoms with van der Waals surface area (Å²) in [6.07, 6.45) is 4.31. The summed E-state index contributed by atoms with van der Waals surface area (Å²) in [6, 6.07) is 6.71. The van der Waals surface area contributed by atoms with Crippen LogP contribution in [0.5, 0.6) is 0 Å². The molecule has 2 saturated heterocycles. The Morgan fingerprint density at radius 2 is 1.55 bits per heavy atom. The molecule has 2 aliphatic heterocycles. The SMILES string of the molecule is O=C(Cc1cc(F)cc(F)c1)N1CCC[C@@]2(CCCN2Cc2cc(F)ccc2F)CC1. The fraction of sp³-hybridized carbons (Fsp3) is 0.458. The second kappa shape index (κ2) is 8.99. The van der Waals surface area contributed by atoms with Gasteiger partial charge < -0.3 is 4.90 Å². The van der Waals surface area contributed by atoms with Crippen molar-refractivity contribution in [2.75, 3.05) is 19.6 Å². The Morgan fingerprint density at radius 3 is 2.29 bits per heavy atom. The maximum Gasteiger partial charge on any atom is 0.226 e. The van der Waals surface area contributed by atoms with Crippen molar-refractivity contribution in [2.45, 2.75) is 50.6 Å². The summed E-state index contributed by atoms with van der Waals surface area (Å²) in [7, 11) is 0. The molecule has 7 heteroatoms. The van der Waals surface area contributed by atoms with Crippen molar-refractivity contribution in [2.24, 2.45) is 0 Å². The first-order valence-electron chi connectivity index (χ1n) is 10.8. The maximum absolute atomic E-state index is 14.2. The van der Waals surface area contributed by atoms with Gasteiger partial charge in [-0.15, -0.1) is 0 Å². The monoisotopic (exact) mass is 434 g/mol. The van der Waals surface area contributed by atoms with Gasteiger partial charge in [0.2, 0.25) is 5.91 Å². The molecule has 1 spiro atoms. The lowest BCUT2D eigenvalue weighted by Gasteiger charge is -2.38. The van der Waals surface area contributed by atoms with Crippen molar-refractivity contribution in [3.8, 4) is 0 Å². The quantitative estimate of drug-likeness (QED) is 0.644. The third-order valence-corrected chi connectivity index (χ3v) is 6.66. The van der Waals surface area contributed by atoms with Crippen molar-refractivity contribution >= 4 is 5.91 Å². The highest BCUT2D eigenvalue weighted by Crippen LogP contribution is 2.39. The van der Waals surface area contributed by atoms with Crippen LogP contribution in [0.4, 0.5) is 17.6 Å². The molecule has 0 bridgehead atoms. The summed E-state index contributed by atoms with van der Waals surface area (Å²) >= 11 is 0. The Balaban J connectivity index is 1.43. The van der Waals surface area contributed by atoms with E-state index >= 15 is 0 Å². The molecular formula is C24H26F4N2O. The van der Waals surface area contributed by atoms with Gasteiger partial charge in [-0.3, -0.25) is 9.69 Å². The van der Waals surface area contributed by atoms with Crippen LogP contribution in [0.3, 0.4) is 0 Å². The van der Waals surface area contributed by atoms with Gasteiger partial charge in [-0.1, -0.05) is 0 Å². The number of hydrogen-bond acceptors (Lipinski definition) is 2. The molecule has 4 rings (SSSR count). The van der Waals surface area contributed by atoms with E-state index in [0.29, 0.717) is 30.8 Å². The Kier molecular flexibility index (Phi) is 6.32. The first-order valence-corrected chi connectivity index (χ1v) is 10.8. The van der Waals surface area contributed by atoms with Crippen molar-refractivity contribution in [3.63, 3.8) is 0 Å². The lowest BCUT2D eigenvalue weighted by atomic mass is 9.87. The van der Waals surface area contributed by atoms with Crippen LogP contribution in [0.15, 0.2) is 36.4 Å². The van der Waals surface area contributed by atoms with E-state index in [4.69, 9.17) is 0 Å². The van der Waals surface area contributed by atoms with E-state index in [9.17, 15) is 22.4 Å². The number of benzene rings is 2. The number of carbonyl (C=O) groups is 1. The first-order chi connectivity index (χ1) is 14.8. The summed E-state index contributed by atoms with van der Waals surface area (Å²) in [4.78, 5) is 16.8.